The molecule has 1 aromatic heterocycles. The van der Waals surface area contributed by atoms with Gasteiger partial charge >= 0.3 is 0 Å². The Balaban J connectivity index is 1.77. The molecule has 0 unspecified atom stereocenters. The normalized spacial score (nSPS) is 18.6. The van der Waals surface area contributed by atoms with Crippen LogP contribution in [0.3, 0.4) is 0 Å². The number of imidazole rings is 1. The lowest BCUT2D eigenvalue weighted by Gasteiger charge is -2.26. The molecule has 0 bridgehead atoms. The monoisotopic (exact) mass is 265 g/mol. The van der Waals surface area contributed by atoms with Crippen LogP contribution in [0.2, 0.25) is 0 Å². The summed E-state index contributed by atoms with van der Waals surface area (Å²) >= 11 is 0. The van der Waals surface area contributed by atoms with E-state index >= 15 is 0 Å². The third-order valence-corrected chi connectivity index (χ3v) is 3.89. The van der Waals surface area contributed by atoms with Crippen LogP contribution in [-0.4, -0.2) is 47.3 Å². The molecule has 0 saturated carbocycles. The number of hydrogen-bond donors (Lipinski definition) is 0. The van der Waals surface area contributed by atoms with Gasteiger partial charge in [-0.25, -0.2) is 4.98 Å². The molecule has 0 N–H and O–H groups in total. The van der Waals surface area contributed by atoms with Crippen molar-refractivity contribution in [1.29, 1.82) is 0 Å². The second kappa shape index (κ2) is 7.65. The van der Waals surface area contributed by atoms with Crippen molar-refractivity contribution in [2.24, 2.45) is 0 Å². The summed E-state index contributed by atoms with van der Waals surface area (Å²) in [5.74, 6) is 1.83. The van der Waals surface area contributed by atoms with E-state index in [9.17, 15) is 0 Å². The van der Waals surface area contributed by atoms with Crippen LogP contribution in [0.5, 0.6) is 0 Å². The molecule has 1 aliphatic heterocycles. The summed E-state index contributed by atoms with van der Waals surface area (Å²) in [4.78, 5) is 7.03. The predicted molar refractivity (Wildman–Crippen MR) is 77.4 cm³/mol. The van der Waals surface area contributed by atoms with Gasteiger partial charge < -0.3 is 9.30 Å². The highest BCUT2D eigenvalue weighted by atomic mass is 16.5. The first-order chi connectivity index (χ1) is 9.31. The maximum Gasteiger partial charge on any atom is 0.111 e. The first kappa shape index (κ1) is 14.5. The van der Waals surface area contributed by atoms with Crippen LogP contribution in [0.1, 0.15) is 44.9 Å². The van der Waals surface area contributed by atoms with Gasteiger partial charge in [0, 0.05) is 44.5 Å². The Kier molecular flexibility index (Phi) is 5.86. The molecule has 108 valence electrons. The number of ether oxygens (including phenoxy) is 1. The van der Waals surface area contributed by atoms with Crippen LogP contribution in [-0.2, 0) is 11.3 Å². The molecule has 0 spiro atoms. The van der Waals surface area contributed by atoms with Gasteiger partial charge in [-0.2, -0.15) is 0 Å². The van der Waals surface area contributed by atoms with E-state index in [1.54, 1.807) is 0 Å². The molecule has 0 radical (unpaired) electrons. The predicted octanol–water partition coefficient (Wildman–Crippen LogP) is 2.51. The Morgan fingerprint density at radius 1 is 1.32 bits per heavy atom. The maximum atomic E-state index is 5.37. The van der Waals surface area contributed by atoms with Gasteiger partial charge in [-0.1, -0.05) is 20.3 Å². The van der Waals surface area contributed by atoms with Crippen molar-refractivity contribution < 1.29 is 4.74 Å². The van der Waals surface area contributed by atoms with Gasteiger partial charge in [0.05, 0.1) is 13.2 Å². The van der Waals surface area contributed by atoms with E-state index in [1.807, 2.05) is 6.20 Å². The molecule has 4 nitrogen and oxygen atoms in total. The second-order valence-corrected chi connectivity index (χ2v) is 5.48. The minimum Gasteiger partial charge on any atom is -0.379 e. The van der Waals surface area contributed by atoms with Crippen LogP contribution in [0.4, 0.5) is 0 Å². The fourth-order valence-electron chi connectivity index (χ4n) is 2.79. The zero-order valence-electron chi connectivity index (χ0n) is 12.3. The Bertz CT molecular complexity index is 358. The van der Waals surface area contributed by atoms with Crippen LogP contribution < -0.4 is 0 Å². The average molecular weight is 265 g/mol. The van der Waals surface area contributed by atoms with E-state index in [-0.39, 0.29) is 0 Å². The highest BCUT2D eigenvalue weighted by Crippen LogP contribution is 2.19. The quantitative estimate of drug-likeness (QED) is 0.759. The minimum absolute atomic E-state index is 0.573. The molecular formula is C15H27N3O. The van der Waals surface area contributed by atoms with Gasteiger partial charge in [0.25, 0.3) is 0 Å². The highest BCUT2D eigenvalue weighted by molar-refractivity contribution is 4.98. The number of aryl methyl sites for hydroxylation is 1. The summed E-state index contributed by atoms with van der Waals surface area (Å²) in [6, 6.07) is 0. The molecular weight excluding hydrogens is 238 g/mol. The summed E-state index contributed by atoms with van der Waals surface area (Å²) in [6.45, 7) is 10.7. The van der Waals surface area contributed by atoms with Crippen molar-refractivity contribution in [3.63, 3.8) is 0 Å². The molecule has 1 fully saturated rings. The van der Waals surface area contributed by atoms with Crippen molar-refractivity contribution in [3.8, 4) is 0 Å². The molecule has 1 saturated heterocycles. The van der Waals surface area contributed by atoms with E-state index in [0.29, 0.717) is 5.92 Å². The van der Waals surface area contributed by atoms with Gasteiger partial charge in [-0.15, -0.1) is 0 Å². The molecule has 2 rings (SSSR count). The lowest BCUT2D eigenvalue weighted by atomic mass is 10.1. The third kappa shape index (κ3) is 4.32. The highest BCUT2D eigenvalue weighted by Gasteiger charge is 2.12. The summed E-state index contributed by atoms with van der Waals surface area (Å²) in [7, 11) is 0. The number of morpholine rings is 1. The molecule has 0 amide bonds. The van der Waals surface area contributed by atoms with Gasteiger partial charge in [0.1, 0.15) is 5.82 Å². The fraction of sp³-hybridized carbons (Fsp3) is 0.800. The van der Waals surface area contributed by atoms with Crippen LogP contribution >= 0.6 is 0 Å². The van der Waals surface area contributed by atoms with Crippen LogP contribution in [0, 0.1) is 0 Å². The Morgan fingerprint density at radius 3 is 2.84 bits per heavy atom. The summed E-state index contributed by atoms with van der Waals surface area (Å²) in [6.07, 6.45) is 7.71. The Hall–Kier alpha value is -0.870. The molecule has 1 aromatic rings. The average Bonchev–Trinajstić information content (AvgIpc) is 2.89. The lowest BCUT2D eigenvalue weighted by molar-refractivity contribution is 0.0369. The first-order valence-corrected chi connectivity index (χ1v) is 7.62. The van der Waals surface area contributed by atoms with Crippen molar-refractivity contribution >= 4 is 0 Å². The van der Waals surface area contributed by atoms with E-state index < -0.39 is 0 Å². The van der Waals surface area contributed by atoms with Gasteiger partial charge in [-0.3, -0.25) is 4.90 Å². The van der Waals surface area contributed by atoms with Gasteiger partial charge in [-0.05, 0) is 12.8 Å². The second-order valence-electron chi connectivity index (χ2n) is 5.48. The molecule has 4 heteroatoms. The summed E-state index contributed by atoms with van der Waals surface area (Å²) < 4.78 is 7.71. The third-order valence-electron chi connectivity index (χ3n) is 3.89. The van der Waals surface area contributed by atoms with Crippen LogP contribution in [0.15, 0.2) is 12.4 Å². The van der Waals surface area contributed by atoms with Crippen molar-refractivity contribution in [2.75, 3.05) is 32.8 Å². The molecule has 0 aromatic carbocycles. The smallest absolute Gasteiger partial charge is 0.111 e. The molecule has 1 aliphatic rings. The molecule has 0 aliphatic carbocycles. The zero-order valence-corrected chi connectivity index (χ0v) is 12.3. The minimum atomic E-state index is 0.573. The van der Waals surface area contributed by atoms with E-state index in [2.05, 4.69) is 34.5 Å². The van der Waals surface area contributed by atoms with Gasteiger partial charge in [0.15, 0.2) is 0 Å². The van der Waals surface area contributed by atoms with Gasteiger partial charge in [0.2, 0.25) is 0 Å². The Labute approximate surface area is 116 Å². The molecule has 1 atom stereocenters. The zero-order chi connectivity index (χ0) is 13.5. The number of aromatic nitrogens is 2. The molecule has 2 heterocycles. The lowest BCUT2D eigenvalue weighted by Crippen LogP contribution is -2.37. The van der Waals surface area contributed by atoms with Crippen molar-refractivity contribution in [3.05, 3.63) is 18.2 Å². The fourth-order valence-corrected chi connectivity index (χ4v) is 2.79. The summed E-state index contributed by atoms with van der Waals surface area (Å²) in [5, 5.41) is 0. The van der Waals surface area contributed by atoms with Crippen LogP contribution in [0.25, 0.3) is 0 Å². The van der Waals surface area contributed by atoms with E-state index in [4.69, 9.17) is 4.74 Å². The SMILES string of the molecule is CCC[C@@H](C)c1nccn1CCCN1CCOCC1. The Morgan fingerprint density at radius 2 is 2.11 bits per heavy atom. The standard InChI is InChI=1S/C15H27N3O/c1-3-5-14(2)15-16-6-9-18(15)8-4-7-17-10-12-19-13-11-17/h6,9,14H,3-5,7-8,10-13H2,1-2H3/t14-/m1/s1. The largest absolute Gasteiger partial charge is 0.379 e. The van der Waals surface area contributed by atoms with Crippen molar-refractivity contribution in [2.45, 2.75) is 45.6 Å². The number of hydrogen-bond acceptors (Lipinski definition) is 3. The van der Waals surface area contributed by atoms with E-state index in [1.165, 1.54) is 31.6 Å². The number of rotatable bonds is 7. The topological polar surface area (TPSA) is 30.3 Å². The van der Waals surface area contributed by atoms with Crippen molar-refractivity contribution in [1.82, 2.24) is 14.5 Å². The summed E-state index contributed by atoms with van der Waals surface area (Å²) in [5.41, 5.74) is 0. The molecule has 19 heavy (non-hydrogen) atoms. The first-order valence-electron chi connectivity index (χ1n) is 7.62. The van der Waals surface area contributed by atoms with E-state index in [0.717, 1.165) is 32.8 Å². The number of nitrogens with zero attached hydrogens (tertiary/aromatic N) is 3. The maximum absolute atomic E-state index is 5.37.